The number of anilines is 2. The Morgan fingerprint density at radius 3 is 2.57 bits per heavy atom. The molecule has 0 aliphatic carbocycles. The second-order valence-corrected chi connectivity index (χ2v) is 9.74. The van der Waals surface area contributed by atoms with Crippen LogP contribution in [0.4, 0.5) is 24.8 Å². The van der Waals surface area contributed by atoms with E-state index in [-0.39, 0.29) is 11.9 Å². The first kappa shape index (κ1) is 25.7. The lowest BCUT2D eigenvalue weighted by molar-refractivity contribution is -0.137. The molecule has 37 heavy (non-hydrogen) atoms. The fourth-order valence-electron chi connectivity index (χ4n) is 4.82. The van der Waals surface area contributed by atoms with E-state index < -0.39 is 11.7 Å². The minimum Gasteiger partial charge on any atom is -0.379 e. The number of aromatic nitrogens is 3. The largest absolute Gasteiger partial charge is 0.419 e. The zero-order chi connectivity index (χ0) is 26.0. The molecule has 0 bridgehead atoms. The lowest BCUT2D eigenvalue weighted by atomic mass is 10.1. The Hall–Kier alpha value is -2.95. The van der Waals surface area contributed by atoms with Crippen LogP contribution in [-0.2, 0) is 17.5 Å². The molecular formula is C26H28ClF3N6O. The van der Waals surface area contributed by atoms with Crippen LogP contribution in [0.5, 0.6) is 0 Å². The second-order valence-electron chi connectivity index (χ2n) is 9.30. The molecule has 2 fully saturated rings. The van der Waals surface area contributed by atoms with Gasteiger partial charge in [-0.1, -0.05) is 23.7 Å². The molecule has 3 aromatic rings. The standard InChI is InChI=1S/C26H28ClF3N6O/c1-18-16-35(25-22(26(28,29)30)6-3-7-31-25)8-9-36(18)23-15-21(17-34-10-12-37-13-11-34)32-24(33-23)19-4-2-5-20(27)14-19/h2-7,14-15,18H,8-13,16-17H2,1H3/t18-/m1/s1. The third kappa shape index (κ3) is 5.97. The number of pyridine rings is 1. The highest BCUT2D eigenvalue weighted by molar-refractivity contribution is 6.30. The molecule has 7 nitrogen and oxygen atoms in total. The summed E-state index contributed by atoms with van der Waals surface area (Å²) in [7, 11) is 0. The third-order valence-corrected chi connectivity index (χ3v) is 6.89. The van der Waals surface area contributed by atoms with Crippen LogP contribution in [-0.4, -0.2) is 71.8 Å². The average molecular weight is 533 g/mol. The number of rotatable bonds is 5. The number of alkyl halides is 3. The molecule has 11 heteroatoms. The number of nitrogens with zero attached hydrogens (tertiary/aromatic N) is 6. The Morgan fingerprint density at radius 1 is 1.03 bits per heavy atom. The van der Waals surface area contributed by atoms with Crippen LogP contribution in [0.25, 0.3) is 11.4 Å². The molecule has 2 aliphatic rings. The highest BCUT2D eigenvalue weighted by Crippen LogP contribution is 2.36. The summed E-state index contributed by atoms with van der Waals surface area (Å²) in [4.78, 5) is 19.9. The topological polar surface area (TPSA) is 57.6 Å². The number of hydrogen-bond acceptors (Lipinski definition) is 7. The van der Waals surface area contributed by atoms with Crippen LogP contribution in [0.1, 0.15) is 18.2 Å². The molecule has 196 valence electrons. The van der Waals surface area contributed by atoms with Gasteiger partial charge in [0.25, 0.3) is 0 Å². The van der Waals surface area contributed by atoms with Crippen molar-refractivity contribution < 1.29 is 17.9 Å². The highest BCUT2D eigenvalue weighted by Gasteiger charge is 2.37. The summed E-state index contributed by atoms with van der Waals surface area (Å²) in [6.45, 7) is 6.94. The molecule has 5 rings (SSSR count). The SMILES string of the molecule is C[C@@H]1CN(c2ncccc2C(F)(F)F)CCN1c1cc(CN2CCOCC2)nc(-c2cccc(Cl)c2)n1. The molecule has 2 aliphatic heterocycles. The number of benzene rings is 1. The van der Waals surface area contributed by atoms with Crippen LogP contribution in [0, 0.1) is 0 Å². The summed E-state index contributed by atoms with van der Waals surface area (Å²) in [6, 6.07) is 11.7. The van der Waals surface area contributed by atoms with Crippen LogP contribution in [0.15, 0.2) is 48.7 Å². The molecule has 0 N–H and O–H groups in total. The van der Waals surface area contributed by atoms with Crippen LogP contribution in [0.2, 0.25) is 5.02 Å². The van der Waals surface area contributed by atoms with Gasteiger partial charge in [0.05, 0.1) is 24.5 Å². The van der Waals surface area contributed by atoms with Crippen molar-refractivity contribution in [2.75, 3.05) is 55.7 Å². The maximum Gasteiger partial charge on any atom is 0.419 e. The molecule has 0 unspecified atom stereocenters. The number of halogens is 4. The van der Waals surface area contributed by atoms with Crippen LogP contribution in [0.3, 0.4) is 0 Å². The van der Waals surface area contributed by atoms with Gasteiger partial charge in [-0.15, -0.1) is 0 Å². The summed E-state index contributed by atoms with van der Waals surface area (Å²) in [5, 5.41) is 0.596. The van der Waals surface area contributed by atoms with E-state index >= 15 is 0 Å². The number of ether oxygens (including phenoxy) is 1. The molecular weight excluding hydrogens is 505 g/mol. The van der Waals surface area contributed by atoms with Crippen molar-refractivity contribution in [3.63, 3.8) is 0 Å². The summed E-state index contributed by atoms with van der Waals surface area (Å²) in [5.74, 6) is 1.29. The van der Waals surface area contributed by atoms with Gasteiger partial charge in [-0.25, -0.2) is 15.0 Å². The van der Waals surface area contributed by atoms with Crippen LogP contribution < -0.4 is 9.80 Å². The van der Waals surface area contributed by atoms with E-state index in [9.17, 15) is 13.2 Å². The molecule has 2 aromatic heterocycles. The van der Waals surface area contributed by atoms with E-state index in [1.54, 1.807) is 11.0 Å². The van der Waals surface area contributed by atoms with Gasteiger partial charge in [0.2, 0.25) is 0 Å². The van der Waals surface area contributed by atoms with E-state index in [1.807, 2.05) is 31.2 Å². The summed E-state index contributed by atoms with van der Waals surface area (Å²) < 4.78 is 46.3. The first-order valence-corrected chi connectivity index (χ1v) is 12.6. The third-order valence-electron chi connectivity index (χ3n) is 6.65. The Labute approximate surface area is 218 Å². The minimum atomic E-state index is -4.46. The molecule has 0 saturated carbocycles. The molecule has 4 heterocycles. The Kier molecular flexibility index (Phi) is 7.50. The summed E-state index contributed by atoms with van der Waals surface area (Å²) in [6.07, 6.45) is -3.06. The maximum absolute atomic E-state index is 13.6. The van der Waals surface area contributed by atoms with Crippen molar-refractivity contribution in [3.8, 4) is 11.4 Å². The van der Waals surface area contributed by atoms with Gasteiger partial charge in [-0.3, -0.25) is 4.90 Å². The van der Waals surface area contributed by atoms with Crippen molar-refractivity contribution in [1.82, 2.24) is 19.9 Å². The van der Waals surface area contributed by atoms with Gasteiger partial charge in [-0.2, -0.15) is 13.2 Å². The normalized spacial score (nSPS) is 19.3. The first-order valence-electron chi connectivity index (χ1n) is 12.3. The summed E-state index contributed by atoms with van der Waals surface area (Å²) in [5.41, 5.74) is 0.974. The fourth-order valence-corrected chi connectivity index (χ4v) is 5.01. The fraction of sp³-hybridized carbons (Fsp3) is 0.423. The molecule has 1 aromatic carbocycles. The lowest BCUT2D eigenvalue weighted by Gasteiger charge is -2.41. The highest BCUT2D eigenvalue weighted by atomic mass is 35.5. The van der Waals surface area contributed by atoms with Crippen molar-refractivity contribution in [3.05, 3.63) is 64.9 Å². The van der Waals surface area contributed by atoms with Gasteiger partial charge in [0, 0.05) is 68.2 Å². The predicted molar refractivity (Wildman–Crippen MR) is 137 cm³/mol. The maximum atomic E-state index is 13.6. The number of morpholine rings is 1. The van der Waals surface area contributed by atoms with E-state index in [4.69, 9.17) is 26.3 Å². The molecule has 0 radical (unpaired) electrons. The quantitative estimate of drug-likeness (QED) is 0.469. The van der Waals surface area contributed by atoms with Gasteiger partial charge in [-0.05, 0) is 31.2 Å². The Balaban J connectivity index is 1.43. The average Bonchev–Trinajstić information content (AvgIpc) is 2.88. The molecule has 0 spiro atoms. The van der Waals surface area contributed by atoms with Gasteiger partial charge in [0.1, 0.15) is 11.6 Å². The van der Waals surface area contributed by atoms with E-state index in [0.29, 0.717) is 50.2 Å². The van der Waals surface area contributed by atoms with Crippen molar-refractivity contribution >= 4 is 23.2 Å². The van der Waals surface area contributed by atoms with Gasteiger partial charge < -0.3 is 14.5 Å². The van der Waals surface area contributed by atoms with E-state index in [1.165, 1.54) is 12.3 Å². The molecule has 2 saturated heterocycles. The van der Waals surface area contributed by atoms with Crippen molar-refractivity contribution in [2.45, 2.75) is 25.7 Å². The number of piperazine rings is 1. The second kappa shape index (κ2) is 10.8. The Morgan fingerprint density at radius 2 is 1.84 bits per heavy atom. The van der Waals surface area contributed by atoms with Crippen molar-refractivity contribution in [2.24, 2.45) is 0 Å². The van der Waals surface area contributed by atoms with E-state index in [0.717, 1.165) is 36.2 Å². The smallest absolute Gasteiger partial charge is 0.379 e. The van der Waals surface area contributed by atoms with Gasteiger partial charge >= 0.3 is 6.18 Å². The Bertz CT molecular complexity index is 1240. The molecule has 1 atom stereocenters. The summed E-state index contributed by atoms with van der Waals surface area (Å²) >= 11 is 6.24. The molecule has 0 amide bonds. The van der Waals surface area contributed by atoms with Crippen LogP contribution >= 0.6 is 11.6 Å². The van der Waals surface area contributed by atoms with Crippen molar-refractivity contribution in [1.29, 1.82) is 0 Å². The van der Waals surface area contributed by atoms with Gasteiger partial charge in [0.15, 0.2) is 5.82 Å². The monoisotopic (exact) mass is 532 g/mol. The zero-order valence-corrected chi connectivity index (χ0v) is 21.2. The number of hydrogen-bond donors (Lipinski definition) is 0. The minimum absolute atomic E-state index is 0.0307. The first-order chi connectivity index (χ1) is 17.8. The zero-order valence-electron chi connectivity index (χ0n) is 20.5. The predicted octanol–water partition coefficient (Wildman–Crippen LogP) is 4.76. The lowest BCUT2D eigenvalue weighted by Crippen LogP contribution is -2.53. The van der Waals surface area contributed by atoms with E-state index in [2.05, 4.69) is 14.8 Å².